The Morgan fingerprint density at radius 2 is 1.66 bits per heavy atom. The number of thiocarbonyl (C=S) groups is 1. The van der Waals surface area contributed by atoms with Crippen LogP contribution >= 0.6 is 23.8 Å². The Morgan fingerprint density at radius 3 is 2.28 bits per heavy atom. The van der Waals surface area contributed by atoms with Crippen LogP contribution in [0.2, 0.25) is 5.02 Å². The molecule has 2 aromatic carbocycles. The second-order valence-electron chi connectivity index (χ2n) is 5.89. The van der Waals surface area contributed by atoms with E-state index in [1.807, 2.05) is 0 Å². The number of rotatable bonds is 5. The minimum atomic E-state index is -0.616. The number of ether oxygens (including phenoxy) is 3. The van der Waals surface area contributed by atoms with Gasteiger partial charge in [-0.3, -0.25) is 19.8 Å². The lowest BCUT2D eigenvalue weighted by Gasteiger charge is -2.29. The van der Waals surface area contributed by atoms with Gasteiger partial charge in [-0.15, -0.1) is 0 Å². The quantitative estimate of drug-likeness (QED) is 0.444. The zero-order valence-electron chi connectivity index (χ0n) is 15.8. The lowest BCUT2D eigenvalue weighted by Crippen LogP contribution is -2.54. The number of methoxy groups -OCH3 is 3. The van der Waals surface area contributed by atoms with Crippen molar-refractivity contribution in [2.75, 3.05) is 26.2 Å². The van der Waals surface area contributed by atoms with Gasteiger partial charge < -0.3 is 14.2 Å². The first-order valence-corrected chi connectivity index (χ1v) is 9.15. The summed E-state index contributed by atoms with van der Waals surface area (Å²) >= 11 is 11.2. The fourth-order valence-electron chi connectivity index (χ4n) is 2.83. The van der Waals surface area contributed by atoms with Crippen molar-refractivity contribution in [2.45, 2.75) is 0 Å². The third kappa shape index (κ3) is 4.03. The summed E-state index contributed by atoms with van der Waals surface area (Å²) in [6.45, 7) is 0. The number of anilines is 1. The van der Waals surface area contributed by atoms with E-state index in [-0.39, 0.29) is 10.7 Å². The molecule has 9 heteroatoms. The molecule has 0 saturated carbocycles. The van der Waals surface area contributed by atoms with Crippen molar-refractivity contribution in [3.63, 3.8) is 0 Å². The van der Waals surface area contributed by atoms with E-state index < -0.39 is 11.8 Å². The second kappa shape index (κ2) is 8.50. The highest BCUT2D eigenvalue weighted by Crippen LogP contribution is 2.36. The van der Waals surface area contributed by atoms with Crippen LogP contribution in [-0.4, -0.2) is 38.3 Å². The first-order valence-electron chi connectivity index (χ1n) is 8.36. The van der Waals surface area contributed by atoms with Gasteiger partial charge in [0.25, 0.3) is 11.8 Å². The SMILES string of the molecule is COc1cc(OC)c(OC)cc1/C=C1/C(=O)NC(=S)N(c2cccc(Cl)c2)C1=O. The minimum Gasteiger partial charge on any atom is -0.496 e. The average molecular weight is 433 g/mol. The van der Waals surface area contributed by atoms with Crippen molar-refractivity contribution in [1.29, 1.82) is 0 Å². The molecule has 1 saturated heterocycles. The Morgan fingerprint density at radius 1 is 1.00 bits per heavy atom. The largest absolute Gasteiger partial charge is 0.496 e. The van der Waals surface area contributed by atoms with Crippen molar-refractivity contribution in [3.8, 4) is 17.2 Å². The molecule has 1 aliphatic rings. The Bertz CT molecular complexity index is 1040. The monoisotopic (exact) mass is 432 g/mol. The number of carbonyl (C=O) groups excluding carboxylic acids is 2. The number of hydrogen-bond donors (Lipinski definition) is 1. The van der Waals surface area contributed by atoms with Crippen LogP contribution in [0.25, 0.3) is 6.08 Å². The topological polar surface area (TPSA) is 77.1 Å². The number of carbonyl (C=O) groups is 2. The molecule has 0 aliphatic carbocycles. The van der Waals surface area contributed by atoms with Gasteiger partial charge in [-0.2, -0.15) is 0 Å². The summed E-state index contributed by atoms with van der Waals surface area (Å²) in [6.07, 6.45) is 1.41. The van der Waals surface area contributed by atoms with Gasteiger partial charge in [0.2, 0.25) is 0 Å². The van der Waals surface area contributed by atoms with Crippen molar-refractivity contribution in [1.82, 2.24) is 5.32 Å². The van der Waals surface area contributed by atoms with Gasteiger partial charge in [0.1, 0.15) is 11.3 Å². The lowest BCUT2D eigenvalue weighted by molar-refractivity contribution is -0.122. The van der Waals surface area contributed by atoms with Gasteiger partial charge >= 0.3 is 0 Å². The van der Waals surface area contributed by atoms with E-state index in [1.165, 1.54) is 32.3 Å². The molecule has 0 aromatic heterocycles. The van der Waals surface area contributed by atoms with Crippen LogP contribution in [0.3, 0.4) is 0 Å². The molecule has 7 nitrogen and oxygen atoms in total. The zero-order valence-corrected chi connectivity index (χ0v) is 17.4. The number of halogens is 1. The fraction of sp³-hybridized carbons (Fsp3) is 0.150. The lowest BCUT2D eigenvalue weighted by atomic mass is 10.1. The summed E-state index contributed by atoms with van der Waals surface area (Å²) in [5.41, 5.74) is 0.782. The number of hydrogen-bond acceptors (Lipinski definition) is 6. The molecule has 2 amide bonds. The Kier molecular flexibility index (Phi) is 6.05. The summed E-state index contributed by atoms with van der Waals surface area (Å²) in [7, 11) is 4.45. The van der Waals surface area contributed by atoms with Crippen molar-refractivity contribution in [3.05, 3.63) is 52.6 Å². The molecular weight excluding hydrogens is 416 g/mol. The maximum atomic E-state index is 13.1. The molecule has 1 heterocycles. The fourth-order valence-corrected chi connectivity index (χ4v) is 3.29. The molecule has 29 heavy (non-hydrogen) atoms. The molecule has 1 fully saturated rings. The highest BCUT2D eigenvalue weighted by atomic mass is 35.5. The van der Waals surface area contributed by atoms with Crippen LogP contribution in [-0.2, 0) is 9.59 Å². The number of nitrogens with one attached hydrogen (secondary N) is 1. The summed E-state index contributed by atoms with van der Waals surface area (Å²) in [5.74, 6) is 0.0739. The zero-order chi connectivity index (χ0) is 21.1. The Labute approximate surface area is 177 Å². The summed E-state index contributed by atoms with van der Waals surface area (Å²) in [4.78, 5) is 26.8. The van der Waals surface area contributed by atoms with Crippen molar-refractivity contribution >= 4 is 52.5 Å². The van der Waals surface area contributed by atoms with E-state index in [1.54, 1.807) is 36.4 Å². The first-order chi connectivity index (χ1) is 13.9. The molecule has 150 valence electrons. The van der Waals surface area contributed by atoms with Crippen LogP contribution in [0.4, 0.5) is 5.69 Å². The van der Waals surface area contributed by atoms with E-state index in [4.69, 9.17) is 38.0 Å². The normalized spacial score (nSPS) is 15.4. The Hall–Kier alpha value is -3.10. The maximum absolute atomic E-state index is 13.1. The molecule has 0 atom stereocenters. The van der Waals surface area contributed by atoms with Crippen LogP contribution in [0.15, 0.2) is 42.0 Å². The minimum absolute atomic E-state index is 0.0290. The maximum Gasteiger partial charge on any atom is 0.270 e. The Balaban J connectivity index is 2.09. The predicted octanol–water partition coefficient (Wildman–Crippen LogP) is 3.20. The highest BCUT2D eigenvalue weighted by Gasteiger charge is 2.34. The molecule has 2 aromatic rings. The first kappa shape index (κ1) is 20.6. The van der Waals surface area contributed by atoms with E-state index in [9.17, 15) is 9.59 Å². The van der Waals surface area contributed by atoms with Gasteiger partial charge in [0.05, 0.1) is 27.0 Å². The molecule has 1 aliphatic heterocycles. The summed E-state index contributed by atoms with van der Waals surface area (Å²) in [5, 5.41) is 2.93. The van der Waals surface area contributed by atoms with Gasteiger partial charge in [0.15, 0.2) is 16.6 Å². The summed E-state index contributed by atoms with van der Waals surface area (Å²) in [6, 6.07) is 9.83. The van der Waals surface area contributed by atoms with Gasteiger partial charge in [-0.25, -0.2) is 0 Å². The number of amides is 2. The molecular formula is C20H17ClN2O5S. The van der Waals surface area contributed by atoms with Crippen molar-refractivity contribution in [2.24, 2.45) is 0 Å². The van der Waals surface area contributed by atoms with E-state index in [2.05, 4.69) is 5.32 Å². The third-order valence-electron chi connectivity index (χ3n) is 4.20. The molecule has 0 bridgehead atoms. The van der Waals surface area contributed by atoms with Gasteiger partial charge in [-0.1, -0.05) is 17.7 Å². The van der Waals surface area contributed by atoms with Crippen LogP contribution in [0.5, 0.6) is 17.2 Å². The van der Waals surface area contributed by atoms with Gasteiger partial charge in [-0.05, 0) is 42.6 Å². The number of benzene rings is 2. The second-order valence-corrected chi connectivity index (χ2v) is 6.71. The van der Waals surface area contributed by atoms with Crippen molar-refractivity contribution < 1.29 is 23.8 Å². The van der Waals surface area contributed by atoms with E-state index >= 15 is 0 Å². The molecule has 3 rings (SSSR count). The van der Waals surface area contributed by atoms with Gasteiger partial charge in [0, 0.05) is 16.7 Å². The van der Waals surface area contributed by atoms with Crippen LogP contribution in [0.1, 0.15) is 5.56 Å². The molecule has 0 unspecified atom stereocenters. The number of nitrogens with zero attached hydrogens (tertiary/aromatic N) is 1. The van der Waals surface area contributed by atoms with Crippen LogP contribution < -0.4 is 24.4 Å². The molecule has 0 radical (unpaired) electrons. The third-order valence-corrected chi connectivity index (χ3v) is 4.72. The highest BCUT2D eigenvalue weighted by molar-refractivity contribution is 7.80. The van der Waals surface area contributed by atoms with E-state index in [0.717, 1.165) is 0 Å². The summed E-state index contributed by atoms with van der Waals surface area (Å²) < 4.78 is 15.9. The molecule has 0 spiro atoms. The smallest absolute Gasteiger partial charge is 0.270 e. The van der Waals surface area contributed by atoms with Crippen LogP contribution in [0, 0.1) is 0 Å². The predicted molar refractivity (Wildman–Crippen MR) is 114 cm³/mol. The molecule has 1 N–H and O–H groups in total. The van der Waals surface area contributed by atoms with E-state index in [0.29, 0.717) is 33.5 Å². The standard InChI is InChI=1S/C20H17ClN2O5S/c1-26-15-10-17(28-3)16(27-2)8-11(15)7-14-18(24)22-20(29)23(19(14)25)13-6-4-5-12(21)9-13/h4-10H,1-3H3,(H,22,24,29)/b14-7-. The average Bonchev–Trinajstić information content (AvgIpc) is 2.70.